The first-order chi connectivity index (χ1) is 13.8. The first kappa shape index (κ1) is 16.8. The molecule has 0 bridgehead atoms. The molecule has 140 valence electrons. The van der Waals surface area contributed by atoms with Gasteiger partial charge in [0, 0.05) is 49.1 Å². The van der Waals surface area contributed by atoms with Crippen molar-refractivity contribution in [2.75, 3.05) is 13.1 Å². The molecule has 4 aromatic rings. The summed E-state index contributed by atoms with van der Waals surface area (Å²) in [4.78, 5) is 22.7. The Morgan fingerprint density at radius 2 is 1.75 bits per heavy atom. The van der Waals surface area contributed by atoms with E-state index >= 15 is 0 Å². The minimum absolute atomic E-state index is 0.120. The molecule has 4 heterocycles. The van der Waals surface area contributed by atoms with E-state index in [9.17, 15) is 4.79 Å². The zero-order chi connectivity index (χ0) is 18.9. The summed E-state index contributed by atoms with van der Waals surface area (Å²) in [5.41, 5.74) is 5.24. The number of carbonyl (C=O) groups excluding carboxylic acids is 1. The number of nitrogens with one attached hydrogen (secondary N) is 1. The van der Waals surface area contributed by atoms with E-state index < -0.39 is 0 Å². The van der Waals surface area contributed by atoms with Gasteiger partial charge in [0.25, 0.3) is 5.91 Å². The molecule has 0 aliphatic carbocycles. The Balaban J connectivity index is 1.27. The van der Waals surface area contributed by atoms with Crippen LogP contribution in [0.25, 0.3) is 16.7 Å². The van der Waals surface area contributed by atoms with E-state index in [1.165, 1.54) is 5.56 Å². The number of nitrogens with zero attached hydrogens (tertiary/aromatic N) is 3. The van der Waals surface area contributed by atoms with E-state index in [1.54, 1.807) is 0 Å². The lowest BCUT2D eigenvalue weighted by Crippen LogP contribution is -2.37. The van der Waals surface area contributed by atoms with E-state index in [4.69, 9.17) is 0 Å². The summed E-state index contributed by atoms with van der Waals surface area (Å²) in [6.45, 7) is 1.56. The molecule has 5 nitrogen and oxygen atoms in total. The Morgan fingerprint density at radius 1 is 1.00 bits per heavy atom. The zero-order valence-corrected chi connectivity index (χ0v) is 15.6. The first-order valence-corrected chi connectivity index (χ1v) is 9.74. The molecule has 0 radical (unpaired) electrons. The third-order valence-electron chi connectivity index (χ3n) is 5.70. The number of aromatic amines is 1. The van der Waals surface area contributed by atoms with Gasteiger partial charge in [0.05, 0.1) is 11.0 Å². The summed E-state index contributed by atoms with van der Waals surface area (Å²) in [5.74, 6) is 0.568. The van der Waals surface area contributed by atoms with Gasteiger partial charge in [-0.3, -0.25) is 9.78 Å². The number of aromatic nitrogens is 3. The van der Waals surface area contributed by atoms with Crippen molar-refractivity contribution in [1.29, 1.82) is 0 Å². The fourth-order valence-corrected chi connectivity index (χ4v) is 4.15. The van der Waals surface area contributed by atoms with Crippen molar-refractivity contribution in [3.63, 3.8) is 0 Å². The molecule has 0 saturated carbocycles. The maximum absolute atomic E-state index is 12.9. The lowest BCUT2D eigenvalue weighted by Gasteiger charge is -2.32. The van der Waals surface area contributed by atoms with Gasteiger partial charge in [-0.25, -0.2) is 0 Å². The average Bonchev–Trinajstić information content (AvgIpc) is 3.44. The van der Waals surface area contributed by atoms with Crippen molar-refractivity contribution in [2.24, 2.45) is 0 Å². The van der Waals surface area contributed by atoms with E-state index in [-0.39, 0.29) is 5.91 Å². The second kappa shape index (κ2) is 7.00. The van der Waals surface area contributed by atoms with E-state index in [1.807, 2.05) is 70.5 Å². The number of piperidine rings is 1. The van der Waals surface area contributed by atoms with Gasteiger partial charge < -0.3 is 14.5 Å². The van der Waals surface area contributed by atoms with Gasteiger partial charge in [0.1, 0.15) is 0 Å². The maximum Gasteiger partial charge on any atom is 0.253 e. The van der Waals surface area contributed by atoms with Crippen LogP contribution in [0.1, 0.15) is 34.7 Å². The fraction of sp³-hybridized carbons (Fsp3) is 0.217. The Kier molecular flexibility index (Phi) is 4.20. The number of pyridine rings is 1. The van der Waals surface area contributed by atoms with Gasteiger partial charge in [-0.2, -0.15) is 0 Å². The monoisotopic (exact) mass is 370 g/mol. The largest absolute Gasteiger partial charge is 0.360 e. The van der Waals surface area contributed by atoms with Crippen LogP contribution in [-0.4, -0.2) is 38.4 Å². The number of benzene rings is 1. The number of likely N-dealkylation sites (tertiary alicyclic amines) is 1. The number of fused-ring (bicyclic) bond motifs is 1. The van der Waals surface area contributed by atoms with Crippen molar-refractivity contribution in [1.82, 2.24) is 19.4 Å². The fourth-order valence-electron chi connectivity index (χ4n) is 4.15. The van der Waals surface area contributed by atoms with Crippen molar-refractivity contribution in [2.45, 2.75) is 18.8 Å². The third kappa shape index (κ3) is 2.99. The molecule has 3 aromatic heterocycles. The van der Waals surface area contributed by atoms with Crippen LogP contribution >= 0.6 is 0 Å². The first-order valence-electron chi connectivity index (χ1n) is 9.74. The van der Waals surface area contributed by atoms with Crippen LogP contribution in [0.15, 0.2) is 73.3 Å². The second-order valence-electron chi connectivity index (χ2n) is 7.35. The van der Waals surface area contributed by atoms with Gasteiger partial charge in [-0.05, 0) is 72.9 Å². The van der Waals surface area contributed by atoms with Gasteiger partial charge >= 0.3 is 0 Å². The van der Waals surface area contributed by atoms with Crippen LogP contribution in [0.4, 0.5) is 0 Å². The molecular formula is C23H22N4O. The molecule has 5 heteroatoms. The second-order valence-corrected chi connectivity index (χ2v) is 7.35. The predicted octanol–water partition coefficient (Wildman–Crippen LogP) is 4.37. The summed E-state index contributed by atoms with van der Waals surface area (Å²) in [7, 11) is 0. The van der Waals surface area contributed by atoms with E-state index in [0.29, 0.717) is 5.92 Å². The van der Waals surface area contributed by atoms with Gasteiger partial charge in [0.2, 0.25) is 0 Å². The minimum atomic E-state index is 0.120. The molecule has 1 amide bonds. The van der Waals surface area contributed by atoms with Crippen LogP contribution < -0.4 is 0 Å². The lowest BCUT2D eigenvalue weighted by molar-refractivity contribution is 0.0713. The quantitative estimate of drug-likeness (QED) is 0.582. The van der Waals surface area contributed by atoms with Crippen LogP contribution in [0, 0.1) is 0 Å². The number of hydrogen-bond acceptors (Lipinski definition) is 2. The standard InChI is InChI=1S/C23H22N4O/c28-23(18-5-7-19(8-6-18)26-12-1-2-13-26)27-14-9-17(10-15-27)20-16-25-21-4-3-11-24-22(20)21/h1-8,11-13,16-17,25H,9-10,14-15H2. The summed E-state index contributed by atoms with van der Waals surface area (Å²) in [6, 6.07) is 15.8. The highest BCUT2D eigenvalue weighted by molar-refractivity contribution is 5.94. The average molecular weight is 370 g/mol. The molecule has 1 saturated heterocycles. The molecule has 5 rings (SSSR count). The minimum Gasteiger partial charge on any atom is -0.360 e. The molecule has 1 aliphatic heterocycles. The SMILES string of the molecule is O=C(c1ccc(-n2cccc2)cc1)N1CCC(c2c[nH]c3cccnc23)CC1. The molecule has 0 unspecified atom stereocenters. The van der Waals surface area contributed by atoms with Crippen molar-refractivity contribution < 1.29 is 4.79 Å². The molecule has 1 N–H and O–H groups in total. The highest BCUT2D eigenvalue weighted by atomic mass is 16.2. The molecule has 1 aliphatic rings. The molecule has 1 aromatic carbocycles. The number of H-pyrrole nitrogens is 1. The number of hydrogen-bond donors (Lipinski definition) is 1. The third-order valence-corrected chi connectivity index (χ3v) is 5.70. The summed E-state index contributed by atoms with van der Waals surface area (Å²) < 4.78 is 2.04. The number of amides is 1. The van der Waals surface area contributed by atoms with Crippen molar-refractivity contribution in [3.8, 4) is 5.69 Å². The predicted molar refractivity (Wildman–Crippen MR) is 110 cm³/mol. The normalized spacial score (nSPS) is 15.2. The highest BCUT2D eigenvalue weighted by Gasteiger charge is 2.26. The number of carbonyl (C=O) groups is 1. The van der Waals surface area contributed by atoms with Crippen LogP contribution in [0.3, 0.4) is 0 Å². The Morgan fingerprint density at radius 3 is 2.50 bits per heavy atom. The maximum atomic E-state index is 12.9. The van der Waals surface area contributed by atoms with Crippen LogP contribution in [-0.2, 0) is 0 Å². The smallest absolute Gasteiger partial charge is 0.253 e. The summed E-state index contributed by atoms with van der Waals surface area (Å²) >= 11 is 0. The van der Waals surface area contributed by atoms with Crippen molar-refractivity contribution >= 4 is 16.9 Å². The summed E-state index contributed by atoms with van der Waals surface area (Å²) in [6.07, 6.45) is 9.87. The van der Waals surface area contributed by atoms with Crippen LogP contribution in [0.5, 0.6) is 0 Å². The lowest BCUT2D eigenvalue weighted by atomic mass is 9.90. The van der Waals surface area contributed by atoms with Gasteiger partial charge in [0.15, 0.2) is 0 Å². The Labute approximate surface area is 163 Å². The van der Waals surface area contributed by atoms with Crippen molar-refractivity contribution in [3.05, 3.63) is 84.4 Å². The molecule has 0 spiro atoms. The Hall–Kier alpha value is -3.34. The zero-order valence-electron chi connectivity index (χ0n) is 15.6. The summed E-state index contributed by atoms with van der Waals surface area (Å²) in [5, 5.41) is 0. The molecule has 0 atom stereocenters. The topological polar surface area (TPSA) is 53.9 Å². The van der Waals surface area contributed by atoms with Gasteiger partial charge in [-0.1, -0.05) is 0 Å². The molecular weight excluding hydrogens is 348 g/mol. The molecule has 1 fully saturated rings. The number of rotatable bonds is 3. The molecule has 28 heavy (non-hydrogen) atoms. The van der Waals surface area contributed by atoms with E-state index in [0.717, 1.165) is 48.2 Å². The van der Waals surface area contributed by atoms with Crippen LogP contribution in [0.2, 0.25) is 0 Å². The van der Waals surface area contributed by atoms with E-state index in [2.05, 4.69) is 22.2 Å². The Bertz CT molecular complexity index is 1090. The van der Waals surface area contributed by atoms with Gasteiger partial charge in [-0.15, -0.1) is 0 Å². The highest BCUT2D eigenvalue weighted by Crippen LogP contribution is 2.32.